The molecule has 0 heterocycles. The fourth-order valence-electron chi connectivity index (χ4n) is 4.81. The summed E-state index contributed by atoms with van der Waals surface area (Å²) in [6.45, 7) is 6.04. The van der Waals surface area contributed by atoms with Gasteiger partial charge in [-0.3, -0.25) is 0 Å². The van der Waals surface area contributed by atoms with Crippen molar-refractivity contribution in [2.75, 3.05) is 13.1 Å². The lowest BCUT2D eigenvalue weighted by Crippen LogP contribution is -2.14. The van der Waals surface area contributed by atoms with Crippen LogP contribution in [0.15, 0.2) is 9.98 Å². The predicted octanol–water partition coefficient (Wildman–Crippen LogP) is 8.34. The smallest absolute Gasteiger partial charge is 0.211 e. The van der Waals surface area contributed by atoms with Gasteiger partial charge in [0.1, 0.15) is 0 Å². The van der Waals surface area contributed by atoms with Gasteiger partial charge in [-0.05, 0) is 24.7 Å². The number of carbonyl (C=O) groups excluding carboxylic acids is 2. The molecule has 0 saturated heterocycles. The first-order chi connectivity index (χ1) is 15.3. The third-order valence-electron chi connectivity index (χ3n) is 6.67. The van der Waals surface area contributed by atoms with E-state index in [2.05, 4.69) is 23.8 Å². The van der Waals surface area contributed by atoms with Crippen LogP contribution in [0.3, 0.4) is 0 Å². The zero-order chi connectivity index (χ0) is 22.8. The number of aliphatic imine (C=N–C) groups is 2. The fourth-order valence-corrected chi connectivity index (χ4v) is 4.81. The van der Waals surface area contributed by atoms with Crippen molar-refractivity contribution in [2.24, 2.45) is 21.8 Å². The number of nitrogens with zero attached hydrogens (tertiary/aromatic N) is 2. The predicted molar refractivity (Wildman–Crippen MR) is 132 cm³/mol. The molecule has 180 valence electrons. The monoisotopic (exact) mass is 434 g/mol. The van der Waals surface area contributed by atoms with Crippen molar-refractivity contribution in [2.45, 2.75) is 136 Å². The van der Waals surface area contributed by atoms with Crippen LogP contribution < -0.4 is 0 Å². The highest BCUT2D eigenvalue weighted by atomic mass is 16.1. The zero-order valence-corrected chi connectivity index (χ0v) is 20.7. The molecule has 0 aliphatic carbocycles. The van der Waals surface area contributed by atoms with Crippen LogP contribution in [0.1, 0.15) is 136 Å². The van der Waals surface area contributed by atoms with Crippen LogP contribution in [0.2, 0.25) is 0 Å². The van der Waals surface area contributed by atoms with Crippen molar-refractivity contribution in [3.8, 4) is 0 Å². The lowest BCUT2D eigenvalue weighted by Gasteiger charge is -2.26. The number of isocyanates is 2. The normalized spacial score (nSPS) is 12.7. The molecular weight excluding hydrogens is 384 g/mol. The van der Waals surface area contributed by atoms with E-state index in [1.807, 2.05) is 0 Å². The van der Waals surface area contributed by atoms with Crippen LogP contribution in [0.25, 0.3) is 0 Å². The lowest BCUT2D eigenvalue weighted by molar-refractivity contribution is 0.254. The first-order valence-corrected chi connectivity index (χ1v) is 13.4. The van der Waals surface area contributed by atoms with E-state index in [1.165, 1.54) is 109 Å². The van der Waals surface area contributed by atoms with Gasteiger partial charge < -0.3 is 0 Å². The lowest BCUT2D eigenvalue weighted by atomic mass is 9.80. The molecular formula is C27H50N2O2. The largest absolute Gasteiger partial charge is 0.234 e. The Kier molecular flexibility index (Phi) is 24.0. The minimum absolute atomic E-state index is 0.651. The molecule has 31 heavy (non-hydrogen) atoms. The summed E-state index contributed by atoms with van der Waals surface area (Å²) in [6.07, 6.45) is 28.0. The van der Waals surface area contributed by atoms with Crippen molar-refractivity contribution in [3.05, 3.63) is 0 Å². The topological polar surface area (TPSA) is 58.9 Å². The first kappa shape index (κ1) is 29.8. The molecule has 0 aromatic heterocycles. The second-order valence-electron chi connectivity index (χ2n) is 9.19. The molecule has 0 radical (unpaired) electrons. The van der Waals surface area contributed by atoms with Gasteiger partial charge in [-0.15, -0.1) is 0 Å². The highest BCUT2D eigenvalue weighted by Crippen LogP contribution is 2.31. The Hall–Kier alpha value is -1.24. The third kappa shape index (κ3) is 20.4. The van der Waals surface area contributed by atoms with E-state index in [0.29, 0.717) is 13.1 Å². The summed E-state index contributed by atoms with van der Waals surface area (Å²) in [4.78, 5) is 27.3. The molecule has 0 fully saturated rings. The van der Waals surface area contributed by atoms with Gasteiger partial charge in [-0.2, -0.15) is 0 Å². The zero-order valence-electron chi connectivity index (χ0n) is 20.7. The van der Waals surface area contributed by atoms with Gasteiger partial charge in [0.05, 0.1) is 13.1 Å². The molecule has 0 rings (SSSR count). The second-order valence-corrected chi connectivity index (χ2v) is 9.19. The molecule has 4 heteroatoms. The van der Waals surface area contributed by atoms with Crippen molar-refractivity contribution < 1.29 is 9.59 Å². The van der Waals surface area contributed by atoms with Gasteiger partial charge in [-0.25, -0.2) is 19.6 Å². The van der Waals surface area contributed by atoms with Crippen LogP contribution >= 0.6 is 0 Å². The van der Waals surface area contributed by atoms with E-state index in [0.717, 1.165) is 24.7 Å². The van der Waals surface area contributed by atoms with Crippen molar-refractivity contribution >= 4 is 12.2 Å². The molecule has 0 aliphatic rings. The standard InChI is InChI=1S/C27H50N2O2/c1-3-19-27(21-16-12-8-6-10-14-18-23-29-25-31)26(4-2)20-15-11-7-5-9-13-17-22-28-24-30/h26-27H,3-23H2,1-2H3. The Labute approximate surface area is 192 Å². The minimum atomic E-state index is 0.651. The van der Waals surface area contributed by atoms with Crippen LogP contribution in [-0.4, -0.2) is 25.2 Å². The SMILES string of the molecule is CCCC(CCCCCCCCCN=C=O)C(CC)CCCCCCCCCN=C=O. The summed E-state index contributed by atoms with van der Waals surface area (Å²) in [7, 11) is 0. The van der Waals surface area contributed by atoms with Gasteiger partial charge in [0.15, 0.2) is 0 Å². The Balaban J connectivity index is 3.81. The van der Waals surface area contributed by atoms with E-state index in [1.54, 1.807) is 12.2 Å². The molecule has 0 N–H and O–H groups in total. The first-order valence-electron chi connectivity index (χ1n) is 13.4. The Morgan fingerprint density at radius 2 is 0.903 bits per heavy atom. The van der Waals surface area contributed by atoms with E-state index in [4.69, 9.17) is 0 Å². The minimum Gasteiger partial charge on any atom is -0.211 e. The highest BCUT2D eigenvalue weighted by molar-refractivity contribution is 5.32. The summed E-state index contributed by atoms with van der Waals surface area (Å²) in [6, 6.07) is 0. The Morgan fingerprint density at radius 3 is 1.29 bits per heavy atom. The summed E-state index contributed by atoms with van der Waals surface area (Å²) in [5.41, 5.74) is 0. The summed E-state index contributed by atoms with van der Waals surface area (Å²) in [5.74, 6) is 1.84. The van der Waals surface area contributed by atoms with Crippen LogP contribution in [-0.2, 0) is 9.59 Å². The molecule has 0 aliphatic heterocycles. The molecule has 0 saturated carbocycles. The maximum Gasteiger partial charge on any atom is 0.234 e. The van der Waals surface area contributed by atoms with Gasteiger partial charge in [0, 0.05) is 0 Å². The molecule has 2 unspecified atom stereocenters. The molecule has 0 spiro atoms. The Morgan fingerprint density at radius 1 is 0.516 bits per heavy atom. The summed E-state index contributed by atoms with van der Waals surface area (Å²) >= 11 is 0. The van der Waals surface area contributed by atoms with Crippen molar-refractivity contribution in [1.29, 1.82) is 0 Å². The fraction of sp³-hybridized carbons (Fsp3) is 0.926. The Bertz CT molecular complexity index is 468. The highest BCUT2D eigenvalue weighted by Gasteiger charge is 2.18. The molecule has 0 aromatic carbocycles. The maximum atomic E-state index is 10.0. The van der Waals surface area contributed by atoms with Crippen molar-refractivity contribution in [3.63, 3.8) is 0 Å². The summed E-state index contributed by atoms with van der Waals surface area (Å²) in [5, 5.41) is 0. The van der Waals surface area contributed by atoms with Gasteiger partial charge in [0.2, 0.25) is 12.2 Å². The number of hydrogen-bond acceptors (Lipinski definition) is 4. The number of unbranched alkanes of at least 4 members (excludes halogenated alkanes) is 12. The molecule has 0 aromatic rings. The summed E-state index contributed by atoms with van der Waals surface area (Å²) < 4.78 is 0. The molecule has 0 amide bonds. The van der Waals surface area contributed by atoms with Gasteiger partial charge in [0.25, 0.3) is 0 Å². The van der Waals surface area contributed by atoms with E-state index < -0.39 is 0 Å². The van der Waals surface area contributed by atoms with E-state index in [9.17, 15) is 9.59 Å². The van der Waals surface area contributed by atoms with E-state index in [-0.39, 0.29) is 0 Å². The number of hydrogen-bond donors (Lipinski definition) is 0. The van der Waals surface area contributed by atoms with Crippen LogP contribution in [0, 0.1) is 11.8 Å². The average Bonchev–Trinajstić information content (AvgIpc) is 2.78. The third-order valence-corrected chi connectivity index (χ3v) is 6.67. The molecule has 2 atom stereocenters. The van der Waals surface area contributed by atoms with Gasteiger partial charge >= 0.3 is 0 Å². The molecule has 0 bridgehead atoms. The van der Waals surface area contributed by atoms with Crippen LogP contribution in [0.5, 0.6) is 0 Å². The van der Waals surface area contributed by atoms with Crippen LogP contribution in [0.4, 0.5) is 0 Å². The number of rotatable bonds is 24. The maximum absolute atomic E-state index is 10.0. The molecule has 4 nitrogen and oxygen atoms in total. The van der Waals surface area contributed by atoms with Crippen molar-refractivity contribution in [1.82, 2.24) is 0 Å². The quantitative estimate of drug-likeness (QED) is 0.0870. The van der Waals surface area contributed by atoms with E-state index >= 15 is 0 Å². The van der Waals surface area contributed by atoms with Gasteiger partial charge in [-0.1, -0.05) is 123 Å². The average molecular weight is 435 g/mol. The second kappa shape index (κ2) is 25.0.